The van der Waals surface area contributed by atoms with Crippen LogP contribution in [0.1, 0.15) is 46.5 Å². The number of rotatable bonds is 11. The van der Waals surface area contributed by atoms with E-state index >= 15 is 0 Å². The van der Waals surface area contributed by atoms with Gasteiger partial charge in [0.1, 0.15) is 6.61 Å². The van der Waals surface area contributed by atoms with E-state index in [2.05, 4.69) is 31.1 Å². The summed E-state index contributed by atoms with van der Waals surface area (Å²) < 4.78 is 5.16. The largest absolute Gasteiger partial charge is 0.459 e. The van der Waals surface area contributed by atoms with Crippen LogP contribution in [0.2, 0.25) is 0 Å². The molecule has 4 heteroatoms. The van der Waals surface area contributed by atoms with Gasteiger partial charge in [0.15, 0.2) is 0 Å². The Kier molecular flexibility index (Phi) is 10.7. The van der Waals surface area contributed by atoms with Crippen LogP contribution in [-0.2, 0) is 9.53 Å². The summed E-state index contributed by atoms with van der Waals surface area (Å²) in [6.07, 6.45) is 4.59. The molecule has 0 aliphatic rings. The summed E-state index contributed by atoms with van der Waals surface area (Å²) >= 11 is 0. The molecule has 18 heavy (non-hydrogen) atoms. The summed E-state index contributed by atoms with van der Waals surface area (Å²) in [6.45, 7) is 11.8. The molecule has 0 fully saturated rings. The summed E-state index contributed by atoms with van der Waals surface area (Å²) in [5, 5.41) is 6.71. The van der Waals surface area contributed by atoms with Crippen molar-refractivity contribution in [3.05, 3.63) is 12.2 Å². The maximum Gasteiger partial charge on any atom is 0.333 e. The van der Waals surface area contributed by atoms with E-state index in [1.165, 1.54) is 0 Å². The molecule has 0 saturated heterocycles. The third kappa shape index (κ3) is 9.19. The molecule has 106 valence electrons. The fraction of sp³-hybridized carbons (Fsp3) is 0.786. The van der Waals surface area contributed by atoms with Crippen LogP contribution in [0.15, 0.2) is 12.2 Å². The number of carbonyl (C=O) groups is 1. The molecule has 0 radical (unpaired) electrons. The van der Waals surface area contributed by atoms with Gasteiger partial charge in [-0.1, -0.05) is 33.3 Å². The third-order valence-corrected chi connectivity index (χ3v) is 2.57. The minimum absolute atomic E-state index is 0.0337. The zero-order valence-electron chi connectivity index (χ0n) is 12.1. The molecule has 0 rings (SSSR count). The third-order valence-electron chi connectivity index (χ3n) is 2.57. The van der Waals surface area contributed by atoms with Crippen molar-refractivity contribution >= 4 is 5.97 Å². The molecule has 0 saturated carbocycles. The Bertz CT molecular complexity index is 232. The van der Waals surface area contributed by atoms with Crippen LogP contribution in [0, 0.1) is 0 Å². The van der Waals surface area contributed by atoms with E-state index < -0.39 is 0 Å². The first-order valence-electron chi connectivity index (χ1n) is 6.91. The first-order valence-corrected chi connectivity index (χ1v) is 6.91. The lowest BCUT2D eigenvalue weighted by molar-refractivity contribution is -0.139. The highest BCUT2D eigenvalue weighted by Crippen LogP contribution is 1.94. The SMILES string of the molecule is C=C(C)C(=O)OCC(NCCCC)NCCCC. The summed E-state index contributed by atoms with van der Waals surface area (Å²) in [7, 11) is 0. The average Bonchev–Trinajstić information content (AvgIpc) is 2.35. The van der Waals surface area contributed by atoms with Crippen LogP contribution in [0.3, 0.4) is 0 Å². The van der Waals surface area contributed by atoms with Crippen molar-refractivity contribution in [3.63, 3.8) is 0 Å². The normalized spacial score (nSPS) is 10.7. The van der Waals surface area contributed by atoms with Gasteiger partial charge in [0.25, 0.3) is 0 Å². The van der Waals surface area contributed by atoms with E-state index in [9.17, 15) is 4.79 Å². The van der Waals surface area contributed by atoms with Gasteiger partial charge >= 0.3 is 5.97 Å². The van der Waals surface area contributed by atoms with Crippen molar-refractivity contribution in [2.75, 3.05) is 19.7 Å². The van der Waals surface area contributed by atoms with Crippen LogP contribution in [0.5, 0.6) is 0 Å². The van der Waals surface area contributed by atoms with Crippen molar-refractivity contribution < 1.29 is 9.53 Å². The Morgan fingerprint density at radius 2 is 1.67 bits per heavy atom. The van der Waals surface area contributed by atoms with E-state index in [1.807, 2.05) is 0 Å². The fourth-order valence-corrected chi connectivity index (χ4v) is 1.38. The van der Waals surface area contributed by atoms with E-state index in [0.29, 0.717) is 12.2 Å². The van der Waals surface area contributed by atoms with E-state index in [0.717, 1.165) is 38.8 Å². The lowest BCUT2D eigenvalue weighted by Crippen LogP contribution is -2.46. The number of unbranched alkanes of at least 4 members (excludes halogenated alkanes) is 2. The zero-order valence-corrected chi connectivity index (χ0v) is 12.1. The molecule has 4 nitrogen and oxygen atoms in total. The van der Waals surface area contributed by atoms with Crippen LogP contribution in [0.4, 0.5) is 0 Å². The first-order chi connectivity index (χ1) is 8.61. The van der Waals surface area contributed by atoms with Crippen LogP contribution < -0.4 is 10.6 Å². The highest BCUT2D eigenvalue weighted by atomic mass is 16.5. The summed E-state index contributed by atoms with van der Waals surface area (Å²) in [4.78, 5) is 11.3. The Labute approximate surface area is 111 Å². The van der Waals surface area contributed by atoms with Gasteiger partial charge in [0.05, 0.1) is 6.17 Å². The lowest BCUT2D eigenvalue weighted by atomic mass is 10.3. The Morgan fingerprint density at radius 3 is 2.06 bits per heavy atom. The predicted molar refractivity (Wildman–Crippen MR) is 75.4 cm³/mol. The summed E-state index contributed by atoms with van der Waals surface area (Å²) in [5.74, 6) is -0.324. The van der Waals surface area contributed by atoms with Gasteiger partial charge in [-0.05, 0) is 32.9 Å². The molecule has 0 unspecified atom stereocenters. The second-order valence-electron chi connectivity index (χ2n) is 4.55. The van der Waals surface area contributed by atoms with Crippen molar-refractivity contribution in [3.8, 4) is 0 Å². The topological polar surface area (TPSA) is 50.4 Å². The molecule has 2 N–H and O–H groups in total. The minimum atomic E-state index is -0.324. The van der Waals surface area contributed by atoms with Gasteiger partial charge in [-0.15, -0.1) is 0 Å². The molecule has 0 aromatic rings. The van der Waals surface area contributed by atoms with Gasteiger partial charge in [-0.2, -0.15) is 0 Å². The monoisotopic (exact) mass is 256 g/mol. The van der Waals surface area contributed by atoms with Crippen molar-refractivity contribution in [2.45, 2.75) is 52.6 Å². The smallest absolute Gasteiger partial charge is 0.333 e. The van der Waals surface area contributed by atoms with Gasteiger partial charge in [0, 0.05) is 5.57 Å². The molecule has 0 amide bonds. The van der Waals surface area contributed by atoms with Crippen molar-refractivity contribution in [2.24, 2.45) is 0 Å². The second-order valence-corrected chi connectivity index (χ2v) is 4.55. The molecule has 0 aliphatic heterocycles. The average molecular weight is 256 g/mol. The van der Waals surface area contributed by atoms with Crippen LogP contribution >= 0.6 is 0 Å². The van der Waals surface area contributed by atoms with Gasteiger partial charge in [-0.25, -0.2) is 4.79 Å². The zero-order chi connectivity index (χ0) is 13.8. The fourth-order valence-electron chi connectivity index (χ4n) is 1.38. The maximum absolute atomic E-state index is 11.3. The molecule has 0 aromatic carbocycles. The molecule has 0 aliphatic carbocycles. The van der Waals surface area contributed by atoms with E-state index in [4.69, 9.17) is 4.74 Å². The maximum atomic E-state index is 11.3. The minimum Gasteiger partial charge on any atom is -0.459 e. The van der Waals surface area contributed by atoms with Crippen molar-refractivity contribution in [1.82, 2.24) is 10.6 Å². The summed E-state index contributed by atoms with van der Waals surface area (Å²) in [6, 6.07) is 0. The first kappa shape index (κ1) is 17.1. The number of hydrogen-bond acceptors (Lipinski definition) is 4. The Morgan fingerprint density at radius 1 is 1.17 bits per heavy atom. The second kappa shape index (κ2) is 11.2. The van der Waals surface area contributed by atoms with Crippen LogP contribution in [-0.4, -0.2) is 31.8 Å². The highest BCUT2D eigenvalue weighted by Gasteiger charge is 2.10. The number of hydrogen-bond donors (Lipinski definition) is 2. The molecular weight excluding hydrogens is 228 g/mol. The Balaban J connectivity index is 3.94. The van der Waals surface area contributed by atoms with E-state index in [-0.39, 0.29) is 12.1 Å². The number of carbonyl (C=O) groups excluding carboxylic acids is 1. The molecular formula is C14H28N2O2. The highest BCUT2D eigenvalue weighted by molar-refractivity contribution is 5.86. The molecule has 0 spiro atoms. The van der Waals surface area contributed by atoms with Crippen molar-refractivity contribution in [1.29, 1.82) is 0 Å². The van der Waals surface area contributed by atoms with Gasteiger partial charge in [-0.3, -0.25) is 10.6 Å². The lowest BCUT2D eigenvalue weighted by Gasteiger charge is -2.20. The number of nitrogens with one attached hydrogen (secondary N) is 2. The predicted octanol–water partition coefficient (Wildman–Crippen LogP) is 2.21. The molecule has 0 heterocycles. The molecule has 0 atom stereocenters. The number of esters is 1. The standard InChI is InChI=1S/C14H28N2O2/c1-5-7-9-15-13(16-10-8-6-2)11-18-14(17)12(3)4/h13,15-16H,3,5-11H2,1-2,4H3. The summed E-state index contributed by atoms with van der Waals surface area (Å²) in [5.41, 5.74) is 0.441. The van der Waals surface area contributed by atoms with Gasteiger partial charge < -0.3 is 4.74 Å². The van der Waals surface area contributed by atoms with Crippen LogP contribution in [0.25, 0.3) is 0 Å². The van der Waals surface area contributed by atoms with E-state index in [1.54, 1.807) is 6.92 Å². The van der Waals surface area contributed by atoms with Gasteiger partial charge in [0.2, 0.25) is 0 Å². The molecule has 0 bridgehead atoms. The quantitative estimate of drug-likeness (QED) is 0.257. The Hall–Kier alpha value is -0.870. The number of ether oxygens (including phenoxy) is 1. The molecule has 0 aromatic heterocycles.